The number of nitrogens with one attached hydrogen (secondary N) is 1. The molecular formula is C17H19F2N. The molecule has 2 aromatic carbocycles. The SMILES string of the molecule is CCNC(c1cc(C)cc(C)c1)c1cccc(F)c1F. The van der Waals surface area contributed by atoms with Gasteiger partial charge in [0.05, 0.1) is 6.04 Å². The Morgan fingerprint density at radius 1 is 1.05 bits per heavy atom. The highest BCUT2D eigenvalue weighted by atomic mass is 19.2. The minimum Gasteiger partial charge on any atom is -0.306 e. The molecule has 2 rings (SSSR count). The third-order valence-electron chi connectivity index (χ3n) is 3.28. The average Bonchev–Trinajstić information content (AvgIpc) is 2.38. The van der Waals surface area contributed by atoms with Crippen LogP contribution in [0.25, 0.3) is 0 Å². The highest BCUT2D eigenvalue weighted by Gasteiger charge is 2.19. The molecule has 0 saturated heterocycles. The van der Waals surface area contributed by atoms with Gasteiger partial charge < -0.3 is 5.32 Å². The maximum atomic E-state index is 14.0. The summed E-state index contributed by atoms with van der Waals surface area (Å²) < 4.78 is 27.5. The van der Waals surface area contributed by atoms with Crippen LogP contribution in [0, 0.1) is 25.5 Å². The Morgan fingerprint density at radius 2 is 1.70 bits per heavy atom. The fourth-order valence-electron chi connectivity index (χ4n) is 2.53. The Kier molecular flexibility index (Phi) is 4.50. The quantitative estimate of drug-likeness (QED) is 0.878. The lowest BCUT2D eigenvalue weighted by atomic mass is 9.95. The van der Waals surface area contributed by atoms with E-state index >= 15 is 0 Å². The van der Waals surface area contributed by atoms with Gasteiger partial charge in [0, 0.05) is 5.56 Å². The molecule has 0 bridgehead atoms. The maximum absolute atomic E-state index is 14.0. The first-order valence-corrected chi connectivity index (χ1v) is 6.78. The molecular weight excluding hydrogens is 256 g/mol. The number of halogens is 2. The van der Waals surface area contributed by atoms with E-state index in [0.29, 0.717) is 12.1 Å². The molecule has 0 aliphatic heterocycles. The fraction of sp³-hybridized carbons (Fsp3) is 0.294. The van der Waals surface area contributed by atoms with Crippen molar-refractivity contribution in [2.24, 2.45) is 0 Å². The Hall–Kier alpha value is -1.74. The predicted molar refractivity (Wildman–Crippen MR) is 77.8 cm³/mol. The van der Waals surface area contributed by atoms with Gasteiger partial charge in [-0.3, -0.25) is 0 Å². The first-order valence-electron chi connectivity index (χ1n) is 6.78. The van der Waals surface area contributed by atoms with Crippen LogP contribution in [0.3, 0.4) is 0 Å². The standard InChI is InChI=1S/C17H19F2N/c1-4-20-17(13-9-11(2)8-12(3)10-13)14-6-5-7-15(18)16(14)19/h5-10,17,20H,4H2,1-3H3. The summed E-state index contributed by atoms with van der Waals surface area (Å²) >= 11 is 0. The lowest BCUT2D eigenvalue weighted by Gasteiger charge is -2.20. The topological polar surface area (TPSA) is 12.0 Å². The fourth-order valence-corrected chi connectivity index (χ4v) is 2.53. The van der Waals surface area contributed by atoms with E-state index in [1.165, 1.54) is 0 Å². The molecule has 0 aliphatic carbocycles. The Bertz CT molecular complexity index is 588. The van der Waals surface area contributed by atoms with E-state index in [9.17, 15) is 8.78 Å². The van der Waals surface area contributed by atoms with Crippen LogP contribution in [0.5, 0.6) is 0 Å². The highest BCUT2D eigenvalue weighted by Crippen LogP contribution is 2.27. The zero-order chi connectivity index (χ0) is 14.7. The molecule has 0 heterocycles. The van der Waals surface area contributed by atoms with Crippen LogP contribution >= 0.6 is 0 Å². The molecule has 0 saturated carbocycles. The zero-order valence-electron chi connectivity index (χ0n) is 12.0. The average molecular weight is 275 g/mol. The van der Waals surface area contributed by atoms with Crippen molar-refractivity contribution in [2.45, 2.75) is 26.8 Å². The maximum Gasteiger partial charge on any atom is 0.163 e. The van der Waals surface area contributed by atoms with Gasteiger partial charge in [0.25, 0.3) is 0 Å². The van der Waals surface area contributed by atoms with Gasteiger partial charge in [-0.2, -0.15) is 0 Å². The van der Waals surface area contributed by atoms with E-state index in [0.717, 1.165) is 22.8 Å². The molecule has 0 aliphatic rings. The summed E-state index contributed by atoms with van der Waals surface area (Å²) in [4.78, 5) is 0. The second-order valence-corrected chi connectivity index (χ2v) is 5.05. The second-order valence-electron chi connectivity index (χ2n) is 5.05. The monoisotopic (exact) mass is 275 g/mol. The van der Waals surface area contributed by atoms with E-state index < -0.39 is 11.6 Å². The van der Waals surface area contributed by atoms with Crippen molar-refractivity contribution >= 4 is 0 Å². The molecule has 3 heteroatoms. The summed E-state index contributed by atoms with van der Waals surface area (Å²) in [5, 5.41) is 3.23. The molecule has 0 spiro atoms. The molecule has 2 aromatic rings. The lowest BCUT2D eigenvalue weighted by Crippen LogP contribution is -2.23. The summed E-state index contributed by atoms with van der Waals surface area (Å²) in [7, 11) is 0. The van der Waals surface area contributed by atoms with E-state index in [-0.39, 0.29) is 6.04 Å². The number of benzene rings is 2. The van der Waals surface area contributed by atoms with Crippen LogP contribution in [0.2, 0.25) is 0 Å². The first kappa shape index (κ1) is 14.7. The third kappa shape index (κ3) is 3.05. The summed E-state index contributed by atoms with van der Waals surface area (Å²) in [6, 6.07) is 10.0. The predicted octanol–water partition coefficient (Wildman–Crippen LogP) is 4.28. The van der Waals surface area contributed by atoms with Crippen LogP contribution in [-0.4, -0.2) is 6.54 Å². The van der Waals surface area contributed by atoms with Crippen LogP contribution in [0.15, 0.2) is 36.4 Å². The molecule has 0 amide bonds. The van der Waals surface area contributed by atoms with Crippen LogP contribution in [-0.2, 0) is 0 Å². The summed E-state index contributed by atoms with van der Waals surface area (Å²) in [6.45, 7) is 6.63. The van der Waals surface area contributed by atoms with Gasteiger partial charge in [0.1, 0.15) is 0 Å². The summed E-state index contributed by atoms with van der Waals surface area (Å²) in [5.74, 6) is -1.59. The molecule has 106 valence electrons. The molecule has 1 nitrogen and oxygen atoms in total. The molecule has 0 radical (unpaired) electrons. The van der Waals surface area contributed by atoms with Gasteiger partial charge in [-0.1, -0.05) is 48.4 Å². The second kappa shape index (κ2) is 6.14. The van der Waals surface area contributed by atoms with Gasteiger partial charge in [0.2, 0.25) is 0 Å². The number of aryl methyl sites for hydroxylation is 2. The van der Waals surface area contributed by atoms with Crippen molar-refractivity contribution in [2.75, 3.05) is 6.54 Å². The molecule has 0 aromatic heterocycles. The number of hydrogen-bond acceptors (Lipinski definition) is 1. The molecule has 0 fully saturated rings. The van der Waals surface area contributed by atoms with E-state index in [1.807, 2.05) is 32.9 Å². The molecule has 20 heavy (non-hydrogen) atoms. The van der Waals surface area contributed by atoms with Gasteiger partial charge in [0.15, 0.2) is 11.6 Å². The largest absolute Gasteiger partial charge is 0.306 e. The van der Waals surface area contributed by atoms with Crippen molar-refractivity contribution in [3.05, 3.63) is 70.3 Å². The molecule has 1 unspecified atom stereocenters. The summed E-state index contributed by atoms with van der Waals surface area (Å²) in [6.07, 6.45) is 0. The van der Waals surface area contributed by atoms with E-state index in [2.05, 4.69) is 11.4 Å². The molecule has 1 N–H and O–H groups in total. The van der Waals surface area contributed by atoms with E-state index in [1.54, 1.807) is 12.1 Å². The van der Waals surface area contributed by atoms with Crippen molar-refractivity contribution in [3.8, 4) is 0 Å². The minimum absolute atomic E-state index is 0.339. The van der Waals surface area contributed by atoms with Gasteiger partial charge >= 0.3 is 0 Å². The zero-order valence-corrected chi connectivity index (χ0v) is 12.0. The normalized spacial score (nSPS) is 12.4. The third-order valence-corrected chi connectivity index (χ3v) is 3.28. The summed E-state index contributed by atoms with van der Waals surface area (Å²) in [5.41, 5.74) is 3.52. The van der Waals surface area contributed by atoms with Crippen LogP contribution < -0.4 is 5.32 Å². The molecule has 1 atom stereocenters. The Labute approximate surface area is 118 Å². The van der Waals surface area contributed by atoms with Crippen molar-refractivity contribution < 1.29 is 8.78 Å². The first-order chi connectivity index (χ1) is 9.52. The van der Waals surface area contributed by atoms with E-state index in [4.69, 9.17) is 0 Å². The van der Waals surface area contributed by atoms with Gasteiger partial charge in [-0.25, -0.2) is 8.78 Å². The number of hydrogen-bond donors (Lipinski definition) is 1. The lowest BCUT2D eigenvalue weighted by molar-refractivity contribution is 0.483. The Balaban J connectivity index is 2.53. The van der Waals surface area contributed by atoms with Crippen molar-refractivity contribution in [1.29, 1.82) is 0 Å². The Morgan fingerprint density at radius 3 is 2.30 bits per heavy atom. The highest BCUT2D eigenvalue weighted by molar-refractivity contribution is 5.37. The van der Waals surface area contributed by atoms with Crippen LogP contribution in [0.4, 0.5) is 8.78 Å². The van der Waals surface area contributed by atoms with Crippen LogP contribution in [0.1, 0.15) is 35.2 Å². The van der Waals surface area contributed by atoms with Crippen molar-refractivity contribution in [3.63, 3.8) is 0 Å². The minimum atomic E-state index is -0.810. The van der Waals surface area contributed by atoms with Gasteiger partial charge in [-0.15, -0.1) is 0 Å². The van der Waals surface area contributed by atoms with Crippen molar-refractivity contribution in [1.82, 2.24) is 5.32 Å². The van der Waals surface area contributed by atoms with Gasteiger partial charge in [-0.05, 0) is 32.0 Å². The smallest absolute Gasteiger partial charge is 0.163 e. The number of rotatable bonds is 4.